The van der Waals surface area contributed by atoms with Crippen LogP contribution >= 0.6 is 0 Å². The maximum absolute atomic E-state index is 13.6. The van der Waals surface area contributed by atoms with Crippen LogP contribution in [0.4, 0.5) is 5.95 Å². The summed E-state index contributed by atoms with van der Waals surface area (Å²) in [6.07, 6.45) is 5.72. The first kappa shape index (κ1) is 21.5. The molecule has 4 aromatic rings. The lowest BCUT2D eigenvalue weighted by Gasteiger charge is -2.31. The van der Waals surface area contributed by atoms with Crippen molar-refractivity contribution in [3.63, 3.8) is 0 Å². The molecule has 0 spiro atoms. The third-order valence-electron chi connectivity index (χ3n) is 6.34. The molecule has 0 aliphatic carbocycles. The number of aromatic nitrogens is 6. The molecule has 0 amide bonds. The quantitative estimate of drug-likeness (QED) is 0.485. The van der Waals surface area contributed by atoms with E-state index in [1.165, 1.54) is 4.68 Å². The minimum absolute atomic E-state index is 0.126. The Morgan fingerprint density at radius 2 is 2.00 bits per heavy atom. The van der Waals surface area contributed by atoms with Crippen LogP contribution in [0.2, 0.25) is 0 Å². The van der Waals surface area contributed by atoms with Gasteiger partial charge in [0.2, 0.25) is 5.95 Å². The zero-order valence-corrected chi connectivity index (χ0v) is 19.2. The molecule has 9 nitrogen and oxygen atoms in total. The van der Waals surface area contributed by atoms with Crippen molar-refractivity contribution in [2.24, 2.45) is 5.73 Å². The van der Waals surface area contributed by atoms with Gasteiger partial charge in [0, 0.05) is 36.8 Å². The minimum atomic E-state index is -0.168. The number of hydrogen-bond acceptors (Lipinski definition) is 7. The molecule has 1 fully saturated rings. The Kier molecular flexibility index (Phi) is 5.80. The van der Waals surface area contributed by atoms with Gasteiger partial charge in [0.25, 0.3) is 5.56 Å². The molecule has 9 heteroatoms. The molecule has 5 rings (SSSR count). The van der Waals surface area contributed by atoms with E-state index in [0.29, 0.717) is 16.9 Å². The smallest absolute Gasteiger partial charge is 0.293 e. The van der Waals surface area contributed by atoms with Crippen LogP contribution in [0.3, 0.4) is 0 Å². The normalized spacial score (nSPS) is 16.7. The molecule has 33 heavy (non-hydrogen) atoms. The van der Waals surface area contributed by atoms with E-state index in [1.807, 2.05) is 31.2 Å². The predicted octanol–water partition coefficient (Wildman–Crippen LogP) is 2.62. The number of anilines is 1. The Morgan fingerprint density at radius 3 is 2.82 bits per heavy atom. The maximum atomic E-state index is 13.6. The highest BCUT2D eigenvalue weighted by Gasteiger charge is 2.24. The summed E-state index contributed by atoms with van der Waals surface area (Å²) in [5, 5.41) is 5.42. The lowest BCUT2D eigenvalue weighted by molar-refractivity contribution is 0.491. The molecule has 172 valence electrons. The average molecular weight is 447 g/mol. The van der Waals surface area contributed by atoms with Gasteiger partial charge in [0.1, 0.15) is 17.6 Å². The Labute approximate surface area is 192 Å². The first-order chi connectivity index (χ1) is 16.0. The first-order valence-corrected chi connectivity index (χ1v) is 11.7. The number of hydrogen-bond donors (Lipinski definition) is 1. The van der Waals surface area contributed by atoms with Gasteiger partial charge in [-0.3, -0.25) is 4.79 Å². The number of aryl methyl sites for hydroxylation is 2. The van der Waals surface area contributed by atoms with E-state index in [2.05, 4.69) is 31.5 Å². The van der Waals surface area contributed by atoms with Crippen LogP contribution in [-0.2, 0) is 13.1 Å². The van der Waals surface area contributed by atoms with E-state index in [-0.39, 0.29) is 18.1 Å². The highest BCUT2D eigenvalue weighted by Crippen LogP contribution is 2.24. The van der Waals surface area contributed by atoms with Crippen molar-refractivity contribution in [2.75, 3.05) is 18.0 Å². The van der Waals surface area contributed by atoms with E-state index in [0.717, 1.165) is 67.9 Å². The number of benzene rings is 1. The third-order valence-corrected chi connectivity index (χ3v) is 6.34. The summed E-state index contributed by atoms with van der Waals surface area (Å²) in [5.74, 6) is 1.39. The molecule has 1 aliphatic heterocycles. The van der Waals surface area contributed by atoms with Crippen LogP contribution in [0.15, 0.2) is 35.3 Å². The fourth-order valence-electron chi connectivity index (χ4n) is 4.65. The summed E-state index contributed by atoms with van der Waals surface area (Å²) >= 11 is 0. The second-order valence-corrected chi connectivity index (χ2v) is 8.85. The van der Waals surface area contributed by atoms with E-state index in [4.69, 9.17) is 10.7 Å². The summed E-state index contributed by atoms with van der Waals surface area (Å²) < 4.78 is 3.51. The largest absolute Gasteiger partial charge is 0.341 e. The van der Waals surface area contributed by atoms with Crippen molar-refractivity contribution in [1.29, 1.82) is 0 Å². The summed E-state index contributed by atoms with van der Waals surface area (Å²) in [5.41, 5.74) is 9.03. The van der Waals surface area contributed by atoms with E-state index in [9.17, 15) is 4.79 Å². The van der Waals surface area contributed by atoms with Gasteiger partial charge in [-0.05, 0) is 32.3 Å². The molecular weight excluding hydrogens is 416 g/mol. The number of nitrogens with zero attached hydrogens (tertiary/aromatic N) is 7. The number of piperidine rings is 1. The Balaban J connectivity index is 1.57. The number of para-hydroxylation sites is 1. The van der Waals surface area contributed by atoms with Crippen LogP contribution in [0.1, 0.15) is 44.1 Å². The van der Waals surface area contributed by atoms with Crippen LogP contribution in [-0.4, -0.2) is 48.4 Å². The maximum Gasteiger partial charge on any atom is 0.293 e. The fraction of sp³-hybridized carbons (Fsp3) is 0.458. The van der Waals surface area contributed by atoms with Crippen molar-refractivity contribution >= 4 is 27.9 Å². The molecule has 3 aromatic heterocycles. The number of rotatable bonds is 6. The molecule has 0 radical (unpaired) electrons. The SMILES string of the molecule is CCCCn1c(N2CCC[C@@H](N)C2)nc2cnn(Cc3nc(C)c4ccccc4n3)c(=O)c21. The van der Waals surface area contributed by atoms with Crippen molar-refractivity contribution < 1.29 is 0 Å². The van der Waals surface area contributed by atoms with Gasteiger partial charge in [0.05, 0.1) is 11.7 Å². The highest BCUT2D eigenvalue weighted by atomic mass is 16.1. The molecule has 4 heterocycles. The van der Waals surface area contributed by atoms with Gasteiger partial charge in [-0.25, -0.2) is 19.6 Å². The van der Waals surface area contributed by atoms with Crippen LogP contribution < -0.4 is 16.2 Å². The topological polar surface area (TPSA) is 108 Å². The summed E-state index contributed by atoms with van der Waals surface area (Å²) in [4.78, 5) is 29.9. The summed E-state index contributed by atoms with van der Waals surface area (Å²) in [6, 6.07) is 8.02. The lowest BCUT2D eigenvalue weighted by atomic mass is 10.1. The van der Waals surface area contributed by atoms with Crippen molar-refractivity contribution in [3.05, 3.63) is 52.3 Å². The lowest BCUT2D eigenvalue weighted by Crippen LogP contribution is -2.44. The van der Waals surface area contributed by atoms with Crippen molar-refractivity contribution in [2.45, 2.75) is 58.7 Å². The predicted molar refractivity (Wildman–Crippen MR) is 129 cm³/mol. The van der Waals surface area contributed by atoms with E-state index in [1.54, 1.807) is 6.20 Å². The standard InChI is InChI=1S/C24H30N8O/c1-3-4-12-31-22-20(29-24(31)30-11-7-8-17(25)14-30)13-26-32(23(22)33)15-21-27-16(2)18-9-5-6-10-19(18)28-21/h5-6,9-10,13,17H,3-4,7-8,11-12,14-15,25H2,1-2H3/t17-/m1/s1. The van der Waals surface area contributed by atoms with E-state index < -0.39 is 0 Å². The van der Waals surface area contributed by atoms with Crippen molar-refractivity contribution in [3.8, 4) is 0 Å². The molecule has 0 unspecified atom stereocenters. The van der Waals surface area contributed by atoms with Crippen molar-refractivity contribution in [1.82, 2.24) is 29.3 Å². The number of unbranched alkanes of at least 4 members (excludes halogenated alkanes) is 1. The molecule has 1 aliphatic rings. The van der Waals surface area contributed by atoms with Gasteiger partial charge in [-0.2, -0.15) is 5.10 Å². The highest BCUT2D eigenvalue weighted by molar-refractivity contribution is 5.80. The van der Waals surface area contributed by atoms with Gasteiger partial charge < -0.3 is 15.2 Å². The summed E-state index contributed by atoms with van der Waals surface area (Å²) in [7, 11) is 0. The van der Waals surface area contributed by atoms with Crippen LogP contribution in [0.5, 0.6) is 0 Å². The second kappa shape index (κ2) is 8.90. The Morgan fingerprint density at radius 1 is 1.15 bits per heavy atom. The zero-order chi connectivity index (χ0) is 22.9. The Hall–Kier alpha value is -3.33. The number of imidazole rings is 1. The monoisotopic (exact) mass is 446 g/mol. The fourth-order valence-corrected chi connectivity index (χ4v) is 4.65. The second-order valence-electron chi connectivity index (χ2n) is 8.85. The summed E-state index contributed by atoms with van der Waals surface area (Å²) in [6.45, 7) is 6.70. The van der Waals surface area contributed by atoms with Gasteiger partial charge in [-0.1, -0.05) is 31.5 Å². The van der Waals surface area contributed by atoms with E-state index >= 15 is 0 Å². The van der Waals surface area contributed by atoms with Crippen LogP contribution in [0, 0.1) is 6.92 Å². The average Bonchev–Trinajstić information content (AvgIpc) is 3.19. The molecule has 1 atom stereocenters. The molecule has 0 saturated carbocycles. The zero-order valence-electron chi connectivity index (χ0n) is 19.2. The minimum Gasteiger partial charge on any atom is -0.341 e. The molecule has 1 saturated heterocycles. The molecule has 2 N–H and O–H groups in total. The molecule has 0 bridgehead atoms. The van der Waals surface area contributed by atoms with Gasteiger partial charge in [0.15, 0.2) is 5.82 Å². The van der Waals surface area contributed by atoms with Crippen LogP contribution in [0.25, 0.3) is 21.9 Å². The third kappa shape index (κ3) is 4.08. The molecular formula is C24H30N8O. The Bertz CT molecular complexity index is 1360. The van der Waals surface area contributed by atoms with Gasteiger partial charge >= 0.3 is 0 Å². The number of fused-ring (bicyclic) bond motifs is 2. The first-order valence-electron chi connectivity index (χ1n) is 11.7. The molecule has 1 aromatic carbocycles. The number of nitrogens with two attached hydrogens (primary N) is 1. The van der Waals surface area contributed by atoms with Gasteiger partial charge in [-0.15, -0.1) is 0 Å².